The summed E-state index contributed by atoms with van der Waals surface area (Å²) in [4.78, 5) is 31.2. The van der Waals surface area contributed by atoms with E-state index in [1.54, 1.807) is 31.2 Å². The summed E-state index contributed by atoms with van der Waals surface area (Å²) in [6.07, 6.45) is 6.74. The molecule has 2 heterocycles. The summed E-state index contributed by atoms with van der Waals surface area (Å²) in [6.45, 7) is 7.76. The minimum absolute atomic E-state index is 0.0286. The van der Waals surface area contributed by atoms with Gasteiger partial charge in [0.05, 0.1) is 22.8 Å². The number of allylic oxidation sites excluding steroid dienone is 4. The molecule has 3 aliphatic carbocycles. The Balaban J connectivity index is 1.30. The number of aliphatic hydroxyl groups is 1. The second-order valence-corrected chi connectivity index (χ2v) is 15.2. The summed E-state index contributed by atoms with van der Waals surface area (Å²) in [5.74, 6) is -3.19. The fourth-order valence-electron chi connectivity index (χ4n) is 7.34. The van der Waals surface area contributed by atoms with Crippen LogP contribution in [0, 0.1) is 29.6 Å². The molecule has 3 aliphatic rings. The average Bonchev–Trinajstić information content (AvgIpc) is 3.41. The van der Waals surface area contributed by atoms with Gasteiger partial charge < -0.3 is 9.52 Å². The molecule has 0 radical (unpaired) electrons. The molecular formula is C38H39ClF2N2O4. The zero-order chi connectivity index (χ0) is 33.9. The standard InChI is InChI=1S/C38H39ClF2N2O4/c1-22-12-24(8-9-28(22)39)29-15-27(37(21-42)19-38(40,41)20-37)34-30(43-29)16-33(47-34)32(45)14-26-7-5-6-23(10-11-35(26,2)3)13-31(44)25-17-36(4,46)18-25/h8-10,12,14-16,25,46H,5-7,11,13,17-20H2,1-4H3/b23-10+,26-14-. The van der Waals surface area contributed by atoms with Gasteiger partial charge in [-0.1, -0.05) is 48.7 Å². The summed E-state index contributed by atoms with van der Waals surface area (Å²) < 4.78 is 34.5. The third-order valence-corrected chi connectivity index (χ3v) is 10.7. The monoisotopic (exact) mass is 660 g/mol. The molecule has 3 aromatic rings. The molecule has 0 unspecified atom stereocenters. The van der Waals surface area contributed by atoms with Gasteiger partial charge in [-0.05, 0) is 87.6 Å². The molecule has 0 aliphatic heterocycles. The normalized spacial score (nSPS) is 26.7. The van der Waals surface area contributed by atoms with Crippen LogP contribution in [0.4, 0.5) is 8.78 Å². The molecule has 2 fully saturated rings. The maximum atomic E-state index is 14.2. The van der Waals surface area contributed by atoms with Crippen molar-refractivity contribution in [3.63, 3.8) is 0 Å². The van der Waals surface area contributed by atoms with Crippen molar-refractivity contribution in [1.82, 2.24) is 4.98 Å². The maximum absolute atomic E-state index is 14.2. The second-order valence-electron chi connectivity index (χ2n) is 14.8. The van der Waals surface area contributed by atoms with E-state index in [9.17, 15) is 28.7 Å². The number of Topliss-reactive ketones (excluding diaryl/α,β-unsaturated/α-hetero) is 1. The van der Waals surface area contributed by atoms with Crippen molar-refractivity contribution in [2.24, 2.45) is 11.3 Å². The van der Waals surface area contributed by atoms with Gasteiger partial charge in [-0.2, -0.15) is 5.26 Å². The number of halogens is 3. The number of carbonyl (C=O) groups is 2. The molecule has 246 valence electrons. The Hall–Kier alpha value is -3.67. The molecule has 47 heavy (non-hydrogen) atoms. The number of fused-ring (bicyclic) bond motifs is 1. The molecule has 2 saturated carbocycles. The van der Waals surface area contributed by atoms with E-state index in [-0.39, 0.29) is 34.2 Å². The number of rotatable bonds is 7. The lowest BCUT2D eigenvalue weighted by Gasteiger charge is -2.42. The molecule has 1 aromatic carbocycles. The molecule has 6 nitrogen and oxygen atoms in total. The number of aryl methyl sites for hydroxylation is 1. The first-order chi connectivity index (χ1) is 22.0. The number of furan rings is 1. The van der Waals surface area contributed by atoms with Crippen LogP contribution in [-0.4, -0.2) is 33.2 Å². The van der Waals surface area contributed by atoms with Gasteiger partial charge in [0.25, 0.3) is 5.92 Å². The molecular weight excluding hydrogens is 622 g/mol. The topological polar surface area (TPSA) is 104 Å². The minimum atomic E-state index is -2.97. The molecule has 0 atom stereocenters. The van der Waals surface area contributed by atoms with Crippen LogP contribution in [-0.2, 0) is 10.2 Å². The maximum Gasteiger partial charge on any atom is 0.251 e. The van der Waals surface area contributed by atoms with Crippen LogP contribution >= 0.6 is 11.6 Å². The van der Waals surface area contributed by atoms with Gasteiger partial charge in [-0.3, -0.25) is 9.59 Å². The van der Waals surface area contributed by atoms with Crippen LogP contribution < -0.4 is 0 Å². The molecule has 9 heteroatoms. The number of hydrogen-bond donors (Lipinski definition) is 1. The Kier molecular flexibility index (Phi) is 8.33. The fraction of sp³-hybridized carbons (Fsp3) is 0.474. The largest absolute Gasteiger partial charge is 0.451 e. The molecule has 0 bridgehead atoms. The van der Waals surface area contributed by atoms with Crippen molar-refractivity contribution < 1.29 is 27.9 Å². The second kappa shape index (κ2) is 11.8. The van der Waals surface area contributed by atoms with Crippen molar-refractivity contribution in [1.29, 1.82) is 5.26 Å². The Morgan fingerprint density at radius 3 is 2.51 bits per heavy atom. The van der Waals surface area contributed by atoms with Crippen LogP contribution in [0.2, 0.25) is 5.02 Å². The van der Waals surface area contributed by atoms with E-state index in [1.165, 1.54) is 6.07 Å². The highest BCUT2D eigenvalue weighted by Crippen LogP contribution is 2.55. The van der Waals surface area contributed by atoms with Gasteiger partial charge in [0.15, 0.2) is 11.3 Å². The van der Waals surface area contributed by atoms with Crippen LogP contribution in [0.3, 0.4) is 0 Å². The van der Waals surface area contributed by atoms with Crippen LogP contribution in [0.15, 0.2) is 58.0 Å². The van der Waals surface area contributed by atoms with Crippen LogP contribution in [0.1, 0.15) is 100 Å². The predicted molar refractivity (Wildman–Crippen MR) is 176 cm³/mol. The third-order valence-electron chi connectivity index (χ3n) is 10.3. The summed E-state index contributed by atoms with van der Waals surface area (Å²) in [5.41, 5.74) is 2.28. The predicted octanol–water partition coefficient (Wildman–Crippen LogP) is 9.40. The van der Waals surface area contributed by atoms with Crippen molar-refractivity contribution >= 4 is 34.3 Å². The molecule has 0 amide bonds. The zero-order valence-corrected chi connectivity index (χ0v) is 27.9. The van der Waals surface area contributed by atoms with Crippen LogP contribution in [0.25, 0.3) is 22.4 Å². The first-order valence-corrected chi connectivity index (χ1v) is 16.6. The smallest absolute Gasteiger partial charge is 0.251 e. The lowest BCUT2D eigenvalue weighted by atomic mass is 9.63. The van der Waals surface area contributed by atoms with E-state index in [0.717, 1.165) is 29.6 Å². The zero-order valence-electron chi connectivity index (χ0n) is 27.2. The number of aromatic nitrogens is 1. The van der Waals surface area contributed by atoms with Gasteiger partial charge in [0.1, 0.15) is 11.3 Å². The highest BCUT2D eigenvalue weighted by atomic mass is 35.5. The summed E-state index contributed by atoms with van der Waals surface area (Å²) in [5, 5.41) is 20.7. The van der Waals surface area contributed by atoms with Gasteiger partial charge in [-0.15, -0.1) is 0 Å². The molecule has 6 rings (SSSR count). The number of nitrogens with zero attached hydrogens (tertiary/aromatic N) is 2. The molecule has 0 spiro atoms. The highest BCUT2D eigenvalue weighted by molar-refractivity contribution is 6.31. The van der Waals surface area contributed by atoms with Gasteiger partial charge in [0.2, 0.25) is 5.78 Å². The first kappa shape index (κ1) is 33.2. The van der Waals surface area contributed by atoms with Crippen molar-refractivity contribution in [3.8, 4) is 17.3 Å². The van der Waals surface area contributed by atoms with Crippen LogP contribution in [0.5, 0.6) is 0 Å². The number of nitriles is 1. The van der Waals surface area contributed by atoms with E-state index >= 15 is 0 Å². The summed E-state index contributed by atoms with van der Waals surface area (Å²) >= 11 is 6.24. The van der Waals surface area contributed by atoms with E-state index in [4.69, 9.17) is 21.0 Å². The number of alkyl halides is 2. The number of hydrogen-bond acceptors (Lipinski definition) is 6. The van der Waals surface area contributed by atoms with Crippen molar-refractivity contribution in [2.45, 2.75) is 102 Å². The first-order valence-electron chi connectivity index (χ1n) is 16.2. The van der Waals surface area contributed by atoms with E-state index < -0.39 is 29.8 Å². The van der Waals surface area contributed by atoms with Gasteiger partial charge in [0, 0.05) is 47.4 Å². The Bertz CT molecular complexity index is 1880. The average molecular weight is 661 g/mol. The number of benzene rings is 1. The van der Waals surface area contributed by atoms with Crippen molar-refractivity contribution in [2.75, 3.05) is 0 Å². The Morgan fingerprint density at radius 1 is 1.15 bits per heavy atom. The van der Waals surface area contributed by atoms with Crippen molar-refractivity contribution in [3.05, 3.63) is 75.5 Å². The lowest BCUT2D eigenvalue weighted by Crippen LogP contribution is -2.48. The SMILES string of the molecule is Cc1cc(-c2cc(C3(C#N)CC(F)(F)C3)c3oc(C(=O)/C=C4/CCC/C(CC(=O)C5CC(C)(O)C5)=C\CC4(C)C)cc3n2)ccc1Cl. The fourth-order valence-corrected chi connectivity index (χ4v) is 7.46. The Labute approximate surface area is 278 Å². The minimum Gasteiger partial charge on any atom is -0.451 e. The molecule has 1 N–H and O–H groups in total. The van der Waals surface area contributed by atoms with E-state index in [0.29, 0.717) is 59.5 Å². The summed E-state index contributed by atoms with van der Waals surface area (Å²) in [6, 6.07) is 10.6. The third kappa shape index (κ3) is 6.58. The van der Waals surface area contributed by atoms with E-state index in [2.05, 4.69) is 26.0 Å². The lowest BCUT2D eigenvalue weighted by molar-refractivity contribution is -0.136. The Morgan fingerprint density at radius 2 is 1.87 bits per heavy atom. The summed E-state index contributed by atoms with van der Waals surface area (Å²) in [7, 11) is 0. The van der Waals surface area contributed by atoms with Gasteiger partial charge in [-0.25, -0.2) is 13.8 Å². The van der Waals surface area contributed by atoms with E-state index in [1.807, 2.05) is 13.0 Å². The number of pyridine rings is 1. The molecule has 0 saturated heterocycles. The highest BCUT2D eigenvalue weighted by Gasteiger charge is 2.59. The number of carbonyl (C=O) groups excluding carboxylic acids is 2. The van der Waals surface area contributed by atoms with Gasteiger partial charge >= 0.3 is 0 Å². The quantitative estimate of drug-likeness (QED) is 0.154. The molecule has 2 aromatic heterocycles. The number of ketones is 2.